The van der Waals surface area contributed by atoms with Crippen LogP contribution < -0.4 is 14.2 Å². The maximum atomic E-state index is 11.9. The van der Waals surface area contributed by atoms with Crippen LogP contribution in [0, 0.1) is 0 Å². The van der Waals surface area contributed by atoms with Crippen molar-refractivity contribution >= 4 is 34.6 Å². The maximum Gasteiger partial charge on any atom is 0.338 e. The Balaban J connectivity index is 1.20. The standard InChI is InChI=1S/C69H104O12/c1-7-75-67(70)57(4)60-37-43-63(44-38-60)78-51-33-27-21-15-10-13-19-25-31-49-73-55-66(81-54-36-30-24-18-12-17-23-29-35-53-80-65-47-41-62(42-48-65)59(6)69(72)77-9-3)56-74-50-32-26-20-14-11-16-22-28-34-52-79-64-45-39-61(40-46-64)58(5)68(71)76-8-2/h37-48,66H,4-36,49-56H2,1-3H3. The summed E-state index contributed by atoms with van der Waals surface area (Å²) in [6.07, 6.45) is 32.1. The van der Waals surface area contributed by atoms with Gasteiger partial charge in [0, 0.05) is 19.8 Å². The average molecular weight is 1130 g/mol. The minimum Gasteiger partial charge on any atom is -0.494 e. The van der Waals surface area contributed by atoms with Crippen molar-refractivity contribution in [2.75, 3.05) is 72.7 Å². The summed E-state index contributed by atoms with van der Waals surface area (Å²) < 4.78 is 51.6. The fourth-order valence-electron chi connectivity index (χ4n) is 9.19. The molecule has 0 aromatic heterocycles. The molecule has 0 aliphatic carbocycles. The largest absolute Gasteiger partial charge is 0.494 e. The molecule has 0 aliphatic heterocycles. The van der Waals surface area contributed by atoms with Gasteiger partial charge in [-0.05, 0) is 112 Å². The molecule has 12 nitrogen and oxygen atoms in total. The van der Waals surface area contributed by atoms with Gasteiger partial charge in [-0.3, -0.25) is 0 Å². The van der Waals surface area contributed by atoms with E-state index < -0.39 is 0 Å². The predicted octanol–water partition coefficient (Wildman–Crippen LogP) is 16.9. The smallest absolute Gasteiger partial charge is 0.338 e. The highest BCUT2D eigenvalue weighted by atomic mass is 16.6. The van der Waals surface area contributed by atoms with Gasteiger partial charge in [-0.25, -0.2) is 14.4 Å². The highest BCUT2D eigenvalue weighted by Gasteiger charge is 2.14. The lowest BCUT2D eigenvalue weighted by Crippen LogP contribution is -2.26. The molecule has 0 atom stereocenters. The topological polar surface area (TPSA) is 134 Å². The van der Waals surface area contributed by atoms with Gasteiger partial charge in [0.25, 0.3) is 0 Å². The molecule has 0 spiro atoms. The molecule has 0 aliphatic rings. The van der Waals surface area contributed by atoms with Gasteiger partial charge in [-0.2, -0.15) is 0 Å². The quantitative estimate of drug-likeness (QED) is 0.0230. The van der Waals surface area contributed by atoms with Gasteiger partial charge < -0.3 is 42.6 Å². The van der Waals surface area contributed by atoms with Crippen molar-refractivity contribution in [3.8, 4) is 17.2 Å². The Bertz CT molecular complexity index is 2010. The Morgan fingerprint density at radius 2 is 0.543 bits per heavy atom. The van der Waals surface area contributed by atoms with Crippen LogP contribution in [-0.2, 0) is 42.8 Å². The molecule has 3 aromatic carbocycles. The molecule has 12 heteroatoms. The van der Waals surface area contributed by atoms with Crippen molar-refractivity contribution < 1.29 is 57.0 Å². The van der Waals surface area contributed by atoms with Crippen LogP contribution in [0.2, 0.25) is 0 Å². The van der Waals surface area contributed by atoms with Crippen LogP contribution >= 0.6 is 0 Å². The molecule has 0 saturated heterocycles. The third-order valence-electron chi connectivity index (χ3n) is 14.1. The van der Waals surface area contributed by atoms with Gasteiger partial charge in [-0.15, -0.1) is 0 Å². The number of hydrogen-bond acceptors (Lipinski definition) is 12. The Hall–Kier alpha value is -5.43. The summed E-state index contributed by atoms with van der Waals surface area (Å²) in [5, 5.41) is 0. The Morgan fingerprint density at radius 1 is 0.321 bits per heavy atom. The number of unbranched alkanes of at least 4 members (excludes halogenated alkanes) is 24. The predicted molar refractivity (Wildman–Crippen MR) is 329 cm³/mol. The van der Waals surface area contributed by atoms with Gasteiger partial charge in [0.15, 0.2) is 0 Å². The molecule has 0 radical (unpaired) electrons. The van der Waals surface area contributed by atoms with E-state index in [1.54, 1.807) is 20.8 Å². The summed E-state index contributed by atoms with van der Waals surface area (Å²) in [5.41, 5.74) is 3.33. The summed E-state index contributed by atoms with van der Waals surface area (Å²) in [4.78, 5) is 35.8. The van der Waals surface area contributed by atoms with Crippen LogP contribution in [0.4, 0.5) is 0 Å². The van der Waals surface area contributed by atoms with Crippen molar-refractivity contribution in [1.29, 1.82) is 0 Å². The molecule has 3 rings (SSSR count). The van der Waals surface area contributed by atoms with E-state index >= 15 is 0 Å². The number of ether oxygens (including phenoxy) is 9. The lowest BCUT2D eigenvalue weighted by Gasteiger charge is -2.18. The Kier molecular flexibility index (Phi) is 40.6. The van der Waals surface area contributed by atoms with Crippen LogP contribution in [0.1, 0.15) is 211 Å². The summed E-state index contributed by atoms with van der Waals surface area (Å²) >= 11 is 0. The number of esters is 3. The molecular weight excluding hydrogens is 1020 g/mol. The average Bonchev–Trinajstić information content (AvgIpc) is 3.48. The molecule has 0 N–H and O–H groups in total. The second kappa shape index (κ2) is 47.1. The fourth-order valence-corrected chi connectivity index (χ4v) is 9.19. The van der Waals surface area contributed by atoms with Gasteiger partial charge in [0.2, 0.25) is 0 Å². The minimum atomic E-state index is -0.390. The molecular formula is C69H104O12. The molecule has 0 bridgehead atoms. The van der Waals surface area contributed by atoms with Gasteiger partial charge in [0.05, 0.1) is 69.6 Å². The first-order valence-electron chi connectivity index (χ1n) is 31.2. The van der Waals surface area contributed by atoms with Crippen molar-refractivity contribution in [3.63, 3.8) is 0 Å². The fraction of sp³-hybridized carbons (Fsp3) is 0.609. The zero-order valence-electron chi connectivity index (χ0n) is 50.4. The van der Waals surface area contributed by atoms with Crippen molar-refractivity contribution in [1.82, 2.24) is 0 Å². The Labute approximate surface area is 489 Å². The summed E-state index contributed by atoms with van der Waals surface area (Å²) in [5.74, 6) is 1.24. The van der Waals surface area contributed by atoms with Crippen molar-refractivity contribution in [2.24, 2.45) is 0 Å². The van der Waals surface area contributed by atoms with E-state index in [0.717, 1.165) is 112 Å². The SMILES string of the molecule is C=C(C(=O)OCC)c1ccc(OCCCCCCCCCCCOCC(COCCCCCCCCCCCOc2ccc(C(=C)C(=O)OCC)cc2)OCCCCCCCCCCCOc2ccc(C(=C)C(=O)OCC)cc2)cc1. The van der Waals surface area contributed by atoms with E-state index in [4.69, 9.17) is 42.6 Å². The van der Waals surface area contributed by atoms with E-state index in [9.17, 15) is 14.4 Å². The van der Waals surface area contributed by atoms with Crippen LogP contribution in [0.3, 0.4) is 0 Å². The first-order chi connectivity index (χ1) is 39.7. The van der Waals surface area contributed by atoms with Gasteiger partial charge >= 0.3 is 17.9 Å². The van der Waals surface area contributed by atoms with Crippen molar-refractivity contribution in [2.45, 2.75) is 200 Å². The molecule has 0 fully saturated rings. The van der Waals surface area contributed by atoms with E-state index in [1.807, 2.05) is 72.8 Å². The van der Waals surface area contributed by atoms with Crippen molar-refractivity contribution in [3.05, 3.63) is 109 Å². The summed E-state index contributed by atoms with van der Waals surface area (Å²) in [7, 11) is 0. The van der Waals surface area contributed by atoms with Crippen LogP contribution in [0.5, 0.6) is 17.2 Å². The number of carbonyl (C=O) groups excluding carboxylic acids is 3. The van der Waals surface area contributed by atoms with E-state index in [-0.39, 0.29) is 24.0 Å². The van der Waals surface area contributed by atoms with Gasteiger partial charge in [0.1, 0.15) is 23.4 Å². The summed E-state index contributed by atoms with van der Waals surface area (Å²) in [6, 6.07) is 22.4. The molecule has 0 heterocycles. The normalized spacial score (nSPS) is 11.1. The number of benzene rings is 3. The van der Waals surface area contributed by atoms with E-state index in [0.29, 0.717) is 69.6 Å². The lowest BCUT2D eigenvalue weighted by molar-refractivity contribution is -0.136. The second-order valence-electron chi connectivity index (χ2n) is 20.9. The highest BCUT2D eigenvalue weighted by molar-refractivity contribution is 6.16. The molecule has 0 saturated carbocycles. The van der Waals surface area contributed by atoms with Gasteiger partial charge in [-0.1, -0.05) is 191 Å². The monoisotopic (exact) mass is 1120 g/mol. The molecule has 0 amide bonds. The third kappa shape index (κ3) is 33.9. The molecule has 81 heavy (non-hydrogen) atoms. The second-order valence-corrected chi connectivity index (χ2v) is 20.9. The zero-order valence-corrected chi connectivity index (χ0v) is 50.4. The highest BCUT2D eigenvalue weighted by Crippen LogP contribution is 2.23. The van der Waals surface area contributed by atoms with Crippen LogP contribution in [-0.4, -0.2) is 96.7 Å². The zero-order chi connectivity index (χ0) is 58.2. The van der Waals surface area contributed by atoms with Crippen LogP contribution in [0.25, 0.3) is 16.7 Å². The van der Waals surface area contributed by atoms with Crippen LogP contribution in [0.15, 0.2) is 92.5 Å². The summed E-state index contributed by atoms with van der Waals surface area (Å²) in [6.45, 7) is 23.4. The molecule has 452 valence electrons. The third-order valence-corrected chi connectivity index (χ3v) is 14.1. The first-order valence-corrected chi connectivity index (χ1v) is 31.2. The van der Waals surface area contributed by atoms with E-state index in [1.165, 1.54) is 116 Å². The number of carbonyl (C=O) groups is 3. The lowest BCUT2D eigenvalue weighted by atomic mass is 10.1. The number of hydrogen-bond donors (Lipinski definition) is 0. The molecule has 0 unspecified atom stereocenters. The number of rotatable bonds is 53. The minimum absolute atomic E-state index is 0.0342. The molecule has 3 aromatic rings. The Morgan fingerprint density at radius 3 is 0.790 bits per heavy atom. The maximum absolute atomic E-state index is 11.9. The van der Waals surface area contributed by atoms with E-state index in [2.05, 4.69) is 19.7 Å². The first kappa shape index (κ1) is 69.8.